The Balaban J connectivity index is 1.74. The number of aliphatic hydroxyl groups excluding tert-OH is 1. The fourth-order valence-electron chi connectivity index (χ4n) is 4.25. The highest BCUT2D eigenvalue weighted by molar-refractivity contribution is 5.68. The monoisotopic (exact) mass is 403 g/mol. The molecule has 5 heteroatoms. The molecule has 1 heterocycles. The first-order valence-electron chi connectivity index (χ1n) is 10.6. The lowest BCUT2D eigenvalue weighted by molar-refractivity contribution is 0.165. The van der Waals surface area contributed by atoms with Gasteiger partial charge in [0.25, 0.3) is 0 Å². The summed E-state index contributed by atoms with van der Waals surface area (Å²) in [6.45, 7) is 6.26. The van der Waals surface area contributed by atoms with E-state index in [1.807, 2.05) is 24.3 Å². The van der Waals surface area contributed by atoms with Gasteiger partial charge in [-0.15, -0.1) is 0 Å². The first-order valence-corrected chi connectivity index (χ1v) is 10.6. The number of hydrogen-bond donors (Lipinski definition) is 2. The van der Waals surface area contributed by atoms with Crippen LogP contribution in [0.3, 0.4) is 0 Å². The van der Waals surface area contributed by atoms with Crippen molar-refractivity contribution < 1.29 is 9.84 Å². The molecule has 5 nitrogen and oxygen atoms in total. The summed E-state index contributed by atoms with van der Waals surface area (Å²) in [5.41, 5.74) is 7.30. The van der Waals surface area contributed by atoms with Gasteiger partial charge in [0.2, 0.25) is 0 Å². The SMILES string of the molecule is CCc1nc(-c2ccc(OC)cc2C)c(CC)nc1N[C@@H]1c2ccccc2C[C@@H]1O. The van der Waals surface area contributed by atoms with Crippen molar-refractivity contribution in [1.29, 1.82) is 0 Å². The number of rotatable bonds is 6. The van der Waals surface area contributed by atoms with Crippen LogP contribution in [0.5, 0.6) is 5.75 Å². The number of aryl methyl sites for hydroxylation is 3. The van der Waals surface area contributed by atoms with Crippen molar-refractivity contribution in [3.05, 3.63) is 70.5 Å². The van der Waals surface area contributed by atoms with Gasteiger partial charge in [-0.05, 0) is 54.7 Å². The average Bonchev–Trinajstić information content (AvgIpc) is 3.08. The number of nitrogens with zero attached hydrogens (tertiary/aromatic N) is 2. The van der Waals surface area contributed by atoms with Crippen molar-refractivity contribution in [3.63, 3.8) is 0 Å². The molecule has 30 heavy (non-hydrogen) atoms. The molecule has 1 aromatic heterocycles. The van der Waals surface area contributed by atoms with Gasteiger partial charge < -0.3 is 15.2 Å². The second-order valence-corrected chi connectivity index (χ2v) is 7.79. The fraction of sp³-hybridized carbons (Fsp3) is 0.360. The largest absolute Gasteiger partial charge is 0.497 e. The Labute approximate surface area is 178 Å². The Hall–Kier alpha value is -2.92. The van der Waals surface area contributed by atoms with Gasteiger partial charge in [0.1, 0.15) is 11.6 Å². The first-order chi connectivity index (χ1) is 14.5. The van der Waals surface area contributed by atoms with Gasteiger partial charge in [-0.3, -0.25) is 0 Å². The zero-order valence-electron chi connectivity index (χ0n) is 18.1. The number of ether oxygens (including phenoxy) is 1. The summed E-state index contributed by atoms with van der Waals surface area (Å²) < 4.78 is 5.35. The minimum Gasteiger partial charge on any atom is -0.497 e. The minimum atomic E-state index is -0.470. The molecule has 0 saturated carbocycles. The van der Waals surface area contributed by atoms with Gasteiger partial charge in [0.15, 0.2) is 0 Å². The highest BCUT2D eigenvalue weighted by Gasteiger charge is 2.31. The van der Waals surface area contributed by atoms with Gasteiger partial charge in [0.05, 0.1) is 36.3 Å². The van der Waals surface area contributed by atoms with Crippen molar-refractivity contribution in [2.45, 2.75) is 52.2 Å². The number of methoxy groups -OCH3 is 1. The van der Waals surface area contributed by atoms with E-state index in [-0.39, 0.29) is 6.04 Å². The average molecular weight is 404 g/mol. The molecule has 0 aliphatic heterocycles. The lowest BCUT2D eigenvalue weighted by atomic mass is 10.0. The van der Waals surface area contributed by atoms with Crippen LogP contribution in [0.2, 0.25) is 0 Å². The predicted octanol–water partition coefficient (Wildman–Crippen LogP) is 4.66. The molecule has 0 radical (unpaired) electrons. The Morgan fingerprint density at radius 1 is 1.07 bits per heavy atom. The van der Waals surface area contributed by atoms with Gasteiger partial charge >= 0.3 is 0 Å². The number of fused-ring (bicyclic) bond motifs is 1. The maximum Gasteiger partial charge on any atom is 0.148 e. The van der Waals surface area contributed by atoms with E-state index < -0.39 is 6.10 Å². The summed E-state index contributed by atoms with van der Waals surface area (Å²) in [5.74, 6) is 1.61. The highest BCUT2D eigenvalue weighted by atomic mass is 16.5. The topological polar surface area (TPSA) is 67.3 Å². The molecule has 2 aromatic carbocycles. The Morgan fingerprint density at radius 3 is 2.53 bits per heavy atom. The van der Waals surface area contributed by atoms with Crippen LogP contribution >= 0.6 is 0 Å². The fourth-order valence-corrected chi connectivity index (χ4v) is 4.25. The molecule has 0 fully saturated rings. The maximum atomic E-state index is 10.7. The summed E-state index contributed by atoms with van der Waals surface area (Å²) in [7, 11) is 1.68. The van der Waals surface area contributed by atoms with E-state index >= 15 is 0 Å². The van der Waals surface area contributed by atoms with E-state index in [0.29, 0.717) is 6.42 Å². The molecule has 1 aliphatic rings. The number of hydrogen-bond acceptors (Lipinski definition) is 5. The lowest BCUT2D eigenvalue weighted by Crippen LogP contribution is -2.23. The van der Waals surface area contributed by atoms with Gasteiger partial charge in [0, 0.05) is 12.0 Å². The quantitative estimate of drug-likeness (QED) is 0.627. The molecular weight excluding hydrogens is 374 g/mol. The number of benzene rings is 2. The van der Waals surface area contributed by atoms with Crippen LogP contribution in [0.1, 0.15) is 48.0 Å². The number of aliphatic hydroxyl groups is 1. The molecule has 156 valence electrons. The molecule has 0 unspecified atom stereocenters. The van der Waals surface area contributed by atoms with Crippen molar-refractivity contribution in [2.24, 2.45) is 0 Å². The van der Waals surface area contributed by atoms with Crippen molar-refractivity contribution in [2.75, 3.05) is 12.4 Å². The molecule has 0 saturated heterocycles. The van der Waals surface area contributed by atoms with Crippen molar-refractivity contribution >= 4 is 5.82 Å². The second kappa shape index (κ2) is 8.44. The molecule has 1 aliphatic carbocycles. The van der Waals surface area contributed by atoms with Gasteiger partial charge in [-0.25, -0.2) is 9.97 Å². The normalized spacial score (nSPS) is 17.6. The smallest absolute Gasteiger partial charge is 0.148 e. The van der Waals surface area contributed by atoms with E-state index in [0.717, 1.165) is 58.2 Å². The Kier molecular flexibility index (Phi) is 5.73. The Morgan fingerprint density at radius 2 is 1.83 bits per heavy atom. The zero-order chi connectivity index (χ0) is 21.3. The molecule has 0 spiro atoms. The minimum absolute atomic E-state index is 0.168. The maximum absolute atomic E-state index is 10.7. The Bertz CT molecular complexity index is 1060. The van der Waals surface area contributed by atoms with Crippen LogP contribution in [-0.4, -0.2) is 28.3 Å². The number of anilines is 1. The molecular formula is C25H29N3O2. The van der Waals surface area contributed by atoms with Crippen LogP contribution in [0.4, 0.5) is 5.82 Å². The number of nitrogens with one attached hydrogen (secondary N) is 1. The van der Waals surface area contributed by atoms with Crippen molar-refractivity contribution in [3.8, 4) is 17.0 Å². The highest BCUT2D eigenvalue weighted by Crippen LogP contribution is 2.35. The zero-order valence-corrected chi connectivity index (χ0v) is 18.1. The molecule has 4 rings (SSSR count). The molecule has 2 N–H and O–H groups in total. The third-order valence-corrected chi connectivity index (χ3v) is 5.89. The van der Waals surface area contributed by atoms with Gasteiger partial charge in [-0.2, -0.15) is 0 Å². The third-order valence-electron chi connectivity index (χ3n) is 5.89. The summed E-state index contributed by atoms with van der Waals surface area (Å²) >= 11 is 0. The standard InChI is InChI=1S/C25H29N3O2/c1-5-20-23(18-12-11-17(30-4)13-15(18)3)26-21(6-2)25(27-20)28-24-19-10-8-7-9-16(19)14-22(24)29/h7-13,22,24,29H,5-6,14H2,1-4H3,(H,27,28)/t22-,24+/m0/s1. The third kappa shape index (κ3) is 3.65. The van der Waals surface area contributed by atoms with E-state index in [2.05, 4.69) is 44.3 Å². The van der Waals surface area contributed by atoms with Crippen LogP contribution in [0.15, 0.2) is 42.5 Å². The molecule has 0 amide bonds. The molecule has 2 atom stereocenters. The van der Waals surface area contributed by atoms with Crippen LogP contribution < -0.4 is 10.1 Å². The van der Waals surface area contributed by atoms with E-state index in [4.69, 9.17) is 14.7 Å². The van der Waals surface area contributed by atoms with Crippen LogP contribution in [0, 0.1) is 6.92 Å². The van der Waals surface area contributed by atoms with Crippen LogP contribution in [-0.2, 0) is 19.3 Å². The lowest BCUT2D eigenvalue weighted by Gasteiger charge is -2.22. The summed E-state index contributed by atoms with van der Waals surface area (Å²) in [6, 6.07) is 14.1. The van der Waals surface area contributed by atoms with Crippen LogP contribution in [0.25, 0.3) is 11.3 Å². The summed E-state index contributed by atoms with van der Waals surface area (Å²) in [5, 5.41) is 14.2. The number of aromatic nitrogens is 2. The second-order valence-electron chi connectivity index (χ2n) is 7.79. The van der Waals surface area contributed by atoms with E-state index in [9.17, 15) is 5.11 Å². The van der Waals surface area contributed by atoms with E-state index in [1.54, 1.807) is 7.11 Å². The first kappa shape index (κ1) is 20.4. The summed E-state index contributed by atoms with van der Waals surface area (Å²) in [6.07, 6.45) is 1.72. The molecule has 0 bridgehead atoms. The predicted molar refractivity (Wildman–Crippen MR) is 120 cm³/mol. The van der Waals surface area contributed by atoms with Gasteiger partial charge in [-0.1, -0.05) is 38.1 Å². The molecule has 3 aromatic rings. The summed E-state index contributed by atoms with van der Waals surface area (Å²) in [4.78, 5) is 10.0. The van der Waals surface area contributed by atoms with E-state index in [1.165, 1.54) is 5.56 Å². The van der Waals surface area contributed by atoms with Crippen molar-refractivity contribution in [1.82, 2.24) is 9.97 Å².